The van der Waals surface area contributed by atoms with Crippen LogP contribution in [0.15, 0.2) is 18.2 Å². The number of hydrogen-bond acceptors (Lipinski definition) is 4. The third kappa shape index (κ3) is 3.07. The van der Waals surface area contributed by atoms with E-state index in [0.29, 0.717) is 12.5 Å². The van der Waals surface area contributed by atoms with Gasteiger partial charge < -0.3 is 14.6 Å². The second kappa shape index (κ2) is 7.20. The molecule has 1 unspecified atom stereocenters. The van der Waals surface area contributed by atoms with E-state index in [4.69, 9.17) is 4.98 Å². The van der Waals surface area contributed by atoms with Crippen LogP contribution in [0.4, 0.5) is 0 Å². The van der Waals surface area contributed by atoms with Crippen LogP contribution in [-0.4, -0.2) is 56.0 Å². The van der Waals surface area contributed by atoms with Gasteiger partial charge in [0.15, 0.2) is 0 Å². The summed E-state index contributed by atoms with van der Waals surface area (Å²) < 4.78 is 2.29. The molecule has 0 saturated carbocycles. The summed E-state index contributed by atoms with van der Waals surface area (Å²) in [5.41, 5.74) is 3.02. The normalized spacial score (nSPS) is 25.7. The molecule has 1 aromatic heterocycles. The maximum absolute atomic E-state index is 12.3. The number of hydrogen-bond donors (Lipinski definition) is 1. The number of likely N-dealkylation sites (tertiary alicyclic amines) is 1. The highest BCUT2D eigenvalue weighted by molar-refractivity contribution is 6.31. The van der Waals surface area contributed by atoms with Crippen molar-refractivity contribution in [3.05, 3.63) is 29.6 Å². The van der Waals surface area contributed by atoms with E-state index in [1.807, 2.05) is 12.1 Å². The van der Waals surface area contributed by atoms with E-state index in [0.717, 1.165) is 54.9 Å². The van der Waals surface area contributed by atoms with Crippen molar-refractivity contribution in [2.75, 3.05) is 19.6 Å². The van der Waals surface area contributed by atoms with Crippen molar-refractivity contribution in [3.63, 3.8) is 0 Å². The van der Waals surface area contributed by atoms with E-state index in [2.05, 4.69) is 36.3 Å². The molecule has 1 amide bonds. The van der Waals surface area contributed by atoms with Crippen LogP contribution in [0, 0.1) is 5.92 Å². The van der Waals surface area contributed by atoms with Crippen molar-refractivity contribution in [2.24, 2.45) is 5.92 Å². The quantitative estimate of drug-likeness (QED) is 0.806. The van der Waals surface area contributed by atoms with Gasteiger partial charge in [0, 0.05) is 19.6 Å². The Morgan fingerprint density at radius 1 is 1.21 bits per heavy atom. The predicted molar refractivity (Wildman–Crippen MR) is 106 cm³/mol. The molecule has 4 rings (SSSR count). The monoisotopic (exact) mass is 384 g/mol. The van der Waals surface area contributed by atoms with Crippen molar-refractivity contribution in [3.8, 4) is 0 Å². The highest BCUT2D eigenvalue weighted by Gasteiger charge is 2.34. The Balaban J connectivity index is 1.71. The maximum Gasteiger partial charge on any atom is 0.394 e. The summed E-state index contributed by atoms with van der Waals surface area (Å²) in [6, 6.07) is 6.24. The Morgan fingerprint density at radius 2 is 2.00 bits per heavy atom. The van der Waals surface area contributed by atoms with Gasteiger partial charge in [-0.2, -0.15) is 0 Å². The second-order valence-corrected chi connectivity index (χ2v) is 8.14. The smallest absolute Gasteiger partial charge is 0.394 e. The fourth-order valence-corrected chi connectivity index (χ4v) is 4.79. The molecule has 1 saturated heterocycles. The number of piperidine rings is 1. The minimum atomic E-state index is -1.38. The van der Waals surface area contributed by atoms with E-state index >= 15 is 0 Å². The molecule has 2 aromatic rings. The zero-order valence-corrected chi connectivity index (χ0v) is 16.8. The maximum atomic E-state index is 12.3. The molecule has 1 fully saturated rings. The summed E-state index contributed by atoms with van der Waals surface area (Å²) in [4.78, 5) is 32.4. The van der Waals surface area contributed by atoms with E-state index in [-0.39, 0.29) is 12.1 Å². The zero-order valence-electron chi connectivity index (χ0n) is 16.8. The molecule has 7 heteroatoms. The van der Waals surface area contributed by atoms with Gasteiger partial charge in [0.25, 0.3) is 0 Å². The Labute approximate surface area is 164 Å². The standard InChI is InChI=1S/C21H28N4O3/c1-4-23-9-10-24-18-8-6-15(11-16(18)22-19(24)14(23)3)17-7-5-13(2)12-25(17)20(26)21(27)28/h6,8,11,13-14,17H,4-5,7,9-10,12H2,1-3H3,(H,27,28)/t13-,14-,17?/m0/s1. The van der Waals surface area contributed by atoms with Crippen LogP contribution in [0.25, 0.3) is 11.0 Å². The first-order valence-corrected chi connectivity index (χ1v) is 10.2. The summed E-state index contributed by atoms with van der Waals surface area (Å²) in [6.45, 7) is 9.85. The van der Waals surface area contributed by atoms with Crippen LogP contribution in [0.2, 0.25) is 0 Å². The lowest BCUT2D eigenvalue weighted by Crippen LogP contribution is -2.44. The number of likely N-dealkylation sites (N-methyl/N-ethyl adjacent to an activating group) is 1. The number of aliphatic carboxylic acids is 1. The third-order valence-corrected chi connectivity index (χ3v) is 6.39. The van der Waals surface area contributed by atoms with Gasteiger partial charge in [-0.25, -0.2) is 9.78 Å². The molecule has 1 N–H and O–H groups in total. The first-order valence-electron chi connectivity index (χ1n) is 10.2. The van der Waals surface area contributed by atoms with Crippen LogP contribution in [0.3, 0.4) is 0 Å². The number of carbonyl (C=O) groups excluding carboxylic acids is 1. The van der Waals surface area contributed by atoms with Gasteiger partial charge in [0.2, 0.25) is 0 Å². The summed E-state index contributed by atoms with van der Waals surface area (Å²) in [7, 11) is 0. The van der Waals surface area contributed by atoms with E-state index in [1.165, 1.54) is 4.90 Å². The van der Waals surface area contributed by atoms with E-state index in [9.17, 15) is 14.7 Å². The van der Waals surface area contributed by atoms with Gasteiger partial charge in [0.1, 0.15) is 5.82 Å². The number of nitrogens with zero attached hydrogens (tertiary/aromatic N) is 4. The van der Waals surface area contributed by atoms with Gasteiger partial charge in [-0.1, -0.05) is 19.9 Å². The summed E-state index contributed by atoms with van der Waals surface area (Å²) >= 11 is 0. The first-order chi connectivity index (χ1) is 13.4. The Bertz CT molecular complexity index is 922. The minimum absolute atomic E-state index is 0.201. The van der Waals surface area contributed by atoms with Crippen molar-refractivity contribution in [1.82, 2.24) is 19.4 Å². The van der Waals surface area contributed by atoms with Crippen LogP contribution < -0.4 is 0 Å². The Morgan fingerprint density at radius 3 is 2.71 bits per heavy atom. The molecule has 0 aliphatic carbocycles. The molecule has 28 heavy (non-hydrogen) atoms. The molecule has 2 aliphatic rings. The molecule has 7 nitrogen and oxygen atoms in total. The SMILES string of the molecule is CCN1CCn2c(nc3cc(C4CC[C@H](C)CN4C(=O)C(=O)O)ccc32)[C@@H]1C. The van der Waals surface area contributed by atoms with E-state index < -0.39 is 11.9 Å². The zero-order chi connectivity index (χ0) is 20.0. The van der Waals surface area contributed by atoms with Gasteiger partial charge in [-0.15, -0.1) is 0 Å². The largest absolute Gasteiger partial charge is 0.474 e. The topological polar surface area (TPSA) is 78.7 Å². The predicted octanol–water partition coefficient (Wildman–Crippen LogP) is 2.82. The van der Waals surface area contributed by atoms with Crippen LogP contribution in [-0.2, 0) is 16.1 Å². The lowest BCUT2D eigenvalue weighted by Gasteiger charge is -2.38. The summed E-state index contributed by atoms with van der Waals surface area (Å²) in [5.74, 6) is -0.806. The molecule has 0 radical (unpaired) electrons. The second-order valence-electron chi connectivity index (χ2n) is 8.14. The molecule has 0 bridgehead atoms. The summed E-state index contributed by atoms with van der Waals surface area (Å²) in [5, 5.41) is 9.23. The number of carboxylic acid groups (broad SMARTS) is 1. The molecule has 3 atom stereocenters. The third-order valence-electron chi connectivity index (χ3n) is 6.39. The van der Waals surface area contributed by atoms with Gasteiger partial charge in [0.05, 0.1) is 23.1 Å². The molecule has 150 valence electrons. The number of fused-ring (bicyclic) bond motifs is 3. The lowest BCUT2D eigenvalue weighted by atomic mass is 9.89. The number of rotatable bonds is 2. The van der Waals surface area contributed by atoms with Crippen LogP contribution in [0.1, 0.15) is 57.1 Å². The molecule has 0 spiro atoms. The van der Waals surface area contributed by atoms with Crippen LogP contribution in [0.5, 0.6) is 0 Å². The van der Waals surface area contributed by atoms with Gasteiger partial charge in [-0.05, 0) is 49.9 Å². The van der Waals surface area contributed by atoms with Gasteiger partial charge >= 0.3 is 11.9 Å². The number of carboxylic acids is 1. The Hall–Kier alpha value is -2.41. The fraction of sp³-hybridized carbons (Fsp3) is 0.571. The summed E-state index contributed by atoms with van der Waals surface area (Å²) in [6.07, 6.45) is 1.76. The fourth-order valence-electron chi connectivity index (χ4n) is 4.79. The van der Waals surface area contributed by atoms with Crippen molar-refractivity contribution < 1.29 is 14.7 Å². The highest BCUT2D eigenvalue weighted by atomic mass is 16.4. The molecule has 3 heterocycles. The molecule has 2 aliphatic heterocycles. The number of carbonyl (C=O) groups is 2. The molecule has 1 aromatic carbocycles. The average molecular weight is 384 g/mol. The van der Waals surface area contributed by atoms with E-state index in [1.54, 1.807) is 0 Å². The van der Waals surface area contributed by atoms with Crippen LogP contribution >= 0.6 is 0 Å². The number of amides is 1. The Kier molecular flexibility index (Phi) is 4.87. The van der Waals surface area contributed by atoms with Crippen molar-refractivity contribution in [1.29, 1.82) is 0 Å². The minimum Gasteiger partial charge on any atom is -0.474 e. The van der Waals surface area contributed by atoms with Crippen molar-refractivity contribution >= 4 is 22.9 Å². The molecular formula is C21H28N4O3. The number of aromatic nitrogens is 2. The average Bonchev–Trinajstić information content (AvgIpc) is 3.06. The van der Waals surface area contributed by atoms with Gasteiger partial charge in [-0.3, -0.25) is 9.69 Å². The first kappa shape index (κ1) is 18.9. The lowest BCUT2D eigenvalue weighted by molar-refractivity contribution is -0.158. The number of imidazole rings is 1. The van der Waals surface area contributed by atoms with Crippen molar-refractivity contribution in [2.45, 2.75) is 52.2 Å². The number of benzene rings is 1. The molecular weight excluding hydrogens is 356 g/mol. The highest BCUT2D eigenvalue weighted by Crippen LogP contribution is 2.36.